The van der Waals surface area contributed by atoms with Gasteiger partial charge in [0.1, 0.15) is 0 Å². The van der Waals surface area contributed by atoms with E-state index in [0.717, 1.165) is 5.56 Å². The topological polar surface area (TPSA) is 33.4 Å². The van der Waals surface area contributed by atoms with E-state index in [0.29, 0.717) is 0 Å². The van der Waals surface area contributed by atoms with E-state index < -0.39 is 5.60 Å². The Balaban J connectivity index is 2.90. The van der Waals surface area contributed by atoms with E-state index in [1.165, 1.54) is 0 Å². The van der Waals surface area contributed by atoms with Crippen molar-refractivity contribution in [1.82, 2.24) is 0 Å². The summed E-state index contributed by atoms with van der Waals surface area (Å²) >= 11 is 0. The number of hydrogen-bond donors (Lipinski definition) is 1. The summed E-state index contributed by atoms with van der Waals surface area (Å²) in [5, 5.41) is 9.89. The molecule has 0 aliphatic heterocycles. The van der Waals surface area contributed by atoms with Gasteiger partial charge in [0.15, 0.2) is 0 Å². The Hall–Kier alpha value is -0.760. The molecule has 1 atom stereocenters. The molecule has 0 saturated heterocycles. The van der Waals surface area contributed by atoms with Crippen molar-refractivity contribution in [3.05, 3.63) is 24.2 Å². The molecule has 2 heteroatoms. The third-order valence-electron chi connectivity index (χ3n) is 2.23. The molecule has 1 aromatic rings. The molecule has 0 radical (unpaired) electrons. The van der Waals surface area contributed by atoms with Crippen LogP contribution in [0, 0.1) is 5.92 Å². The number of furan rings is 1. The zero-order valence-electron chi connectivity index (χ0n) is 7.16. The predicted octanol–water partition coefficient (Wildman–Crippen LogP) is 2.14. The van der Waals surface area contributed by atoms with Crippen molar-refractivity contribution in [3.63, 3.8) is 0 Å². The lowest BCUT2D eigenvalue weighted by Crippen LogP contribution is -2.27. The lowest BCUT2D eigenvalue weighted by molar-refractivity contribution is 0.00853. The van der Waals surface area contributed by atoms with Gasteiger partial charge in [-0.05, 0) is 18.9 Å². The first-order chi connectivity index (χ1) is 5.05. The molecule has 0 aromatic carbocycles. The highest BCUT2D eigenvalue weighted by Crippen LogP contribution is 2.28. The first kappa shape index (κ1) is 8.34. The van der Waals surface area contributed by atoms with Crippen LogP contribution in [0.2, 0.25) is 0 Å². The van der Waals surface area contributed by atoms with Crippen LogP contribution in [0.5, 0.6) is 0 Å². The lowest BCUT2D eigenvalue weighted by atomic mass is 9.87. The smallest absolute Gasteiger partial charge is 0.0963 e. The number of aliphatic hydroxyl groups is 1. The van der Waals surface area contributed by atoms with Gasteiger partial charge in [-0.25, -0.2) is 0 Å². The molecule has 1 unspecified atom stereocenters. The second kappa shape index (κ2) is 2.70. The summed E-state index contributed by atoms with van der Waals surface area (Å²) in [4.78, 5) is 0. The first-order valence-corrected chi connectivity index (χ1v) is 3.80. The first-order valence-electron chi connectivity index (χ1n) is 3.80. The summed E-state index contributed by atoms with van der Waals surface area (Å²) in [5.74, 6) is 0.195. The second-order valence-corrected chi connectivity index (χ2v) is 3.31. The third kappa shape index (κ3) is 1.46. The molecule has 0 aliphatic rings. The monoisotopic (exact) mass is 154 g/mol. The zero-order chi connectivity index (χ0) is 8.48. The van der Waals surface area contributed by atoms with E-state index in [1.54, 1.807) is 25.5 Å². The standard InChI is InChI=1S/C9H14O2/c1-7(2)9(3,10)8-4-5-11-6-8/h4-7,10H,1-3H3. The quantitative estimate of drug-likeness (QED) is 0.708. The Morgan fingerprint density at radius 3 is 2.55 bits per heavy atom. The molecule has 62 valence electrons. The highest BCUT2D eigenvalue weighted by atomic mass is 16.3. The Morgan fingerprint density at radius 1 is 1.55 bits per heavy atom. The van der Waals surface area contributed by atoms with Gasteiger partial charge in [-0.2, -0.15) is 0 Å². The van der Waals surface area contributed by atoms with Gasteiger partial charge in [0.2, 0.25) is 0 Å². The van der Waals surface area contributed by atoms with Gasteiger partial charge >= 0.3 is 0 Å². The molecule has 1 heterocycles. The highest BCUT2D eigenvalue weighted by Gasteiger charge is 2.27. The molecular weight excluding hydrogens is 140 g/mol. The summed E-state index contributed by atoms with van der Waals surface area (Å²) in [6, 6.07) is 1.79. The zero-order valence-corrected chi connectivity index (χ0v) is 7.16. The van der Waals surface area contributed by atoms with Crippen LogP contribution in [0.15, 0.2) is 23.0 Å². The maximum atomic E-state index is 9.89. The van der Waals surface area contributed by atoms with Gasteiger partial charge in [-0.1, -0.05) is 13.8 Å². The highest BCUT2D eigenvalue weighted by molar-refractivity contribution is 5.15. The van der Waals surface area contributed by atoms with Crippen LogP contribution >= 0.6 is 0 Å². The van der Waals surface area contributed by atoms with Crippen molar-refractivity contribution in [3.8, 4) is 0 Å². The van der Waals surface area contributed by atoms with Crippen LogP contribution in [0.25, 0.3) is 0 Å². The molecule has 0 bridgehead atoms. The van der Waals surface area contributed by atoms with E-state index in [1.807, 2.05) is 13.8 Å². The minimum absolute atomic E-state index is 0.195. The van der Waals surface area contributed by atoms with Crippen LogP contribution in [0.1, 0.15) is 26.3 Å². The second-order valence-electron chi connectivity index (χ2n) is 3.31. The average Bonchev–Trinajstić information content (AvgIpc) is 2.37. The lowest BCUT2D eigenvalue weighted by Gasteiger charge is -2.25. The number of rotatable bonds is 2. The van der Waals surface area contributed by atoms with E-state index in [-0.39, 0.29) is 5.92 Å². The molecule has 2 nitrogen and oxygen atoms in total. The van der Waals surface area contributed by atoms with Crippen molar-refractivity contribution in [2.75, 3.05) is 0 Å². The molecule has 0 saturated carbocycles. The fraction of sp³-hybridized carbons (Fsp3) is 0.556. The van der Waals surface area contributed by atoms with Gasteiger partial charge < -0.3 is 9.52 Å². The van der Waals surface area contributed by atoms with Crippen molar-refractivity contribution < 1.29 is 9.52 Å². The normalized spacial score (nSPS) is 16.8. The Kier molecular flexibility index (Phi) is 2.05. The fourth-order valence-corrected chi connectivity index (χ4v) is 0.886. The Labute approximate surface area is 66.8 Å². The van der Waals surface area contributed by atoms with Crippen molar-refractivity contribution in [2.24, 2.45) is 5.92 Å². The minimum Gasteiger partial charge on any atom is -0.472 e. The van der Waals surface area contributed by atoms with E-state index in [4.69, 9.17) is 4.42 Å². The molecule has 1 rings (SSSR count). The van der Waals surface area contributed by atoms with Crippen LogP contribution in [0.4, 0.5) is 0 Å². The van der Waals surface area contributed by atoms with Crippen molar-refractivity contribution in [2.45, 2.75) is 26.4 Å². The molecule has 0 aliphatic carbocycles. The molecule has 0 spiro atoms. The maximum Gasteiger partial charge on any atom is 0.0963 e. The van der Waals surface area contributed by atoms with Crippen molar-refractivity contribution in [1.29, 1.82) is 0 Å². The van der Waals surface area contributed by atoms with Crippen LogP contribution < -0.4 is 0 Å². The van der Waals surface area contributed by atoms with Gasteiger partial charge in [-0.3, -0.25) is 0 Å². The molecule has 0 fully saturated rings. The van der Waals surface area contributed by atoms with Crippen LogP contribution in [-0.2, 0) is 5.60 Å². The SMILES string of the molecule is CC(C)C(C)(O)c1ccoc1. The summed E-state index contributed by atoms with van der Waals surface area (Å²) in [7, 11) is 0. The summed E-state index contributed by atoms with van der Waals surface area (Å²) in [6.45, 7) is 5.75. The van der Waals surface area contributed by atoms with Gasteiger partial charge in [0.05, 0.1) is 18.1 Å². The average molecular weight is 154 g/mol. The predicted molar refractivity (Wildman–Crippen MR) is 43.1 cm³/mol. The van der Waals surface area contributed by atoms with Gasteiger partial charge in [-0.15, -0.1) is 0 Å². The van der Waals surface area contributed by atoms with E-state index >= 15 is 0 Å². The largest absolute Gasteiger partial charge is 0.472 e. The summed E-state index contributed by atoms with van der Waals surface area (Å²) in [5.41, 5.74) is 0.0694. The summed E-state index contributed by atoms with van der Waals surface area (Å²) in [6.07, 6.45) is 3.16. The Bertz CT molecular complexity index is 209. The van der Waals surface area contributed by atoms with E-state index in [2.05, 4.69) is 0 Å². The van der Waals surface area contributed by atoms with E-state index in [9.17, 15) is 5.11 Å². The molecule has 1 aromatic heterocycles. The van der Waals surface area contributed by atoms with Crippen LogP contribution in [-0.4, -0.2) is 5.11 Å². The third-order valence-corrected chi connectivity index (χ3v) is 2.23. The van der Waals surface area contributed by atoms with Crippen molar-refractivity contribution >= 4 is 0 Å². The minimum atomic E-state index is -0.771. The number of hydrogen-bond acceptors (Lipinski definition) is 2. The van der Waals surface area contributed by atoms with Gasteiger partial charge in [0, 0.05) is 5.56 Å². The maximum absolute atomic E-state index is 9.89. The molecule has 0 amide bonds. The fourth-order valence-electron chi connectivity index (χ4n) is 0.886. The molecule has 1 N–H and O–H groups in total. The Morgan fingerprint density at radius 2 is 2.18 bits per heavy atom. The van der Waals surface area contributed by atoms with Crippen LogP contribution in [0.3, 0.4) is 0 Å². The van der Waals surface area contributed by atoms with Gasteiger partial charge in [0.25, 0.3) is 0 Å². The molecule has 11 heavy (non-hydrogen) atoms. The molecular formula is C9H14O2. The summed E-state index contributed by atoms with van der Waals surface area (Å²) < 4.78 is 4.89.